The standard InChI is InChI=1S/C37H23N/c1-2-9-33-31(7-1)32-8-3-4-10-34(32)36-22-28(17-18-35(33)36)26-14-11-24-12-15-27(21-30(24)20-26)29-16-13-25-6-5-19-38-37(25)23-29/h1-23H. The van der Waals surface area contributed by atoms with Crippen molar-refractivity contribution in [2.24, 2.45) is 0 Å². The van der Waals surface area contributed by atoms with E-state index in [2.05, 4.69) is 132 Å². The fourth-order valence-electron chi connectivity index (χ4n) is 5.94. The van der Waals surface area contributed by atoms with Gasteiger partial charge in [0.05, 0.1) is 5.52 Å². The molecule has 8 rings (SSSR count). The van der Waals surface area contributed by atoms with E-state index in [1.807, 2.05) is 12.3 Å². The Bertz CT molecular complexity index is 2150. The Morgan fingerprint density at radius 3 is 1.47 bits per heavy atom. The molecular formula is C37H23N. The van der Waals surface area contributed by atoms with Crippen LogP contribution in [0.2, 0.25) is 0 Å². The summed E-state index contributed by atoms with van der Waals surface area (Å²) in [4.78, 5) is 4.55. The van der Waals surface area contributed by atoms with E-state index in [-0.39, 0.29) is 0 Å². The SMILES string of the molecule is c1cnc2cc(-c3ccc4ccc(-c5ccc6c7ccccc7c7ccccc7c6c5)cc4c3)ccc2c1. The van der Waals surface area contributed by atoms with Crippen molar-refractivity contribution in [3.05, 3.63) is 140 Å². The summed E-state index contributed by atoms with van der Waals surface area (Å²) in [5, 5.41) is 11.5. The largest absolute Gasteiger partial charge is 0.256 e. The maximum Gasteiger partial charge on any atom is 0.0708 e. The van der Waals surface area contributed by atoms with Crippen molar-refractivity contribution in [2.45, 2.75) is 0 Å². The molecule has 0 aliphatic rings. The number of hydrogen-bond acceptors (Lipinski definition) is 1. The summed E-state index contributed by atoms with van der Waals surface area (Å²) < 4.78 is 0. The molecule has 0 atom stereocenters. The molecule has 0 bridgehead atoms. The third-order valence-corrected chi connectivity index (χ3v) is 7.86. The number of hydrogen-bond donors (Lipinski definition) is 0. The zero-order chi connectivity index (χ0) is 25.1. The van der Waals surface area contributed by atoms with Gasteiger partial charge in [0, 0.05) is 11.6 Å². The summed E-state index contributed by atoms with van der Waals surface area (Å²) in [6.45, 7) is 0. The van der Waals surface area contributed by atoms with Gasteiger partial charge in [0.25, 0.3) is 0 Å². The molecule has 1 aromatic heterocycles. The van der Waals surface area contributed by atoms with Crippen molar-refractivity contribution in [3.63, 3.8) is 0 Å². The lowest BCUT2D eigenvalue weighted by Gasteiger charge is -2.12. The van der Waals surface area contributed by atoms with Crippen molar-refractivity contribution >= 4 is 54.0 Å². The zero-order valence-corrected chi connectivity index (χ0v) is 20.7. The lowest BCUT2D eigenvalue weighted by atomic mass is 9.91. The topological polar surface area (TPSA) is 12.9 Å². The summed E-state index contributed by atoms with van der Waals surface area (Å²) in [6, 6.07) is 48.6. The van der Waals surface area contributed by atoms with Gasteiger partial charge in [-0.05, 0) is 95.7 Å². The normalized spacial score (nSPS) is 11.7. The molecule has 176 valence electrons. The molecule has 7 aromatic carbocycles. The molecule has 0 saturated carbocycles. The summed E-state index contributed by atoms with van der Waals surface area (Å²) >= 11 is 0. The third-order valence-electron chi connectivity index (χ3n) is 7.86. The van der Waals surface area contributed by atoms with Gasteiger partial charge in [0.15, 0.2) is 0 Å². The van der Waals surface area contributed by atoms with Gasteiger partial charge in [-0.2, -0.15) is 0 Å². The average molecular weight is 482 g/mol. The van der Waals surface area contributed by atoms with Crippen LogP contribution in [0, 0.1) is 0 Å². The molecule has 0 unspecified atom stereocenters. The van der Waals surface area contributed by atoms with Gasteiger partial charge in [-0.1, -0.05) is 103 Å². The van der Waals surface area contributed by atoms with Gasteiger partial charge < -0.3 is 0 Å². The van der Waals surface area contributed by atoms with Gasteiger partial charge in [-0.15, -0.1) is 0 Å². The second-order valence-corrected chi connectivity index (χ2v) is 10.0. The van der Waals surface area contributed by atoms with Gasteiger partial charge in [0.1, 0.15) is 0 Å². The van der Waals surface area contributed by atoms with Gasteiger partial charge >= 0.3 is 0 Å². The van der Waals surface area contributed by atoms with E-state index in [1.165, 1.54) is 65.3 Å². The smallest absolute Gasteiger partial charge is 0.0708 e. The van der Waals surface area contributed by atoms with E-state index in [1.54, 1.807) is 0 Å². The highest BCUT2D eigenvalue weighted by molar-refractivity contribution is 6.25. The molecule has 0 fully saturated rings. The Kier molecular flexibility index (Phi) is 4.59. The maximum atomic E-state index is 4.55. The fraction of sp³-hybridized carbons (Fsp3) is 0. The number of fused-ring (bicyclic) bond motifs is 8. The van der Waals surface area contributed by atoms with Crippen molar-refractivity contribution in [2.75, 3.05) is 0 Å². The molecular weight excluding hydrogens is 458 g/mol. The van der Waals surface area contributed by atoms with Crippen LogP contribution >= 0.6 is 0 Å². The summed E-state index contributed by atoms with van der Waals surface area (Å²) in [5.41, 5.74) is 5.88. The highest BCUT2D eigenvalue weighted by atomic mass is 14.6. The highest BCUT2D eigenvalue weighted by Gasteiger charge is 2.10. The van der Waals surface area contributed by atoms with E-state index in [0.29, 0.717) is 0 Å². The Balaban J connectivity index is 1.29. The van der Waals surface area contributed by atoms with Crippen LogP contribution in [0.1, 0.15) is 0 Å². The Labute approximate surface area is 220 Å². The minimum atomic E-state index is 1.02. The first-order chi connectivity index (χ1) is 18.8. The van der Waals surface area contributed by atoms with Crippen molar-refractivity contribution in [1.82, 2.24) is 4.98 Å². The van der Waals surface area contributed by atoms with Crippen LogP contribution in [0.5, 0.6) is 0 Å². The van der Waals surface area contributed by atoms with Crippen LogP contribution in [-0.4, -0.2) is 4.98 Å². The quantitative estimate of drug-likeness (QED) is 0.224. The molecule has 1 heteroatoms. The minimum absolute atomic E-state index is 1.02. The molecule has 0 N–H and O–H groups in total. The molecule has 0 radical (unpaired) electrons. The second kappa shape index (κ2) is 8.26. The van der Waals surface area contributed by atoms with Gasteiger partial charge in [-0.3, -0.25) is 4.98 Å². The number of pyridine rings is 1. The summed E-state index contributed by atoms with van der Waals surface area (Å²) in [7, 11) is 0. The van der Waals surface area contributed by atoms with Crippen LogP contribution in [0.3, 0.4) is 0 Å². The Morgan fingerprint density at radius 2 is 0.816 bits per heavy atom. The maximum absolute atomic E-state index is 4.55. The first-order valence-electron chi connectivity index (χ1n) is 13.0. The van der Waals surface area contributed by atoms with Crippen LogP contribution in [-0.2, 0) is 0 Å². The molecule has 1 nitrogen and oxygen atoms in total. The predicted molar refractivity (Wildman–Crippen MR) is 163 cm³/mol. The molecule has 0 aliphatic carbocycles. The van der Waals surface area contributed by atoms with Crippen LogP contribution in [0.4, 0.5) is 0 Å². The number of aromatic nitrogens is 1. The number of rotatable bonds is 2. The number of nitrogens with zero attached hydrogens (tertiary/aromatic N) is 1. The van der Waals surface area contributed by atoms with E-state index in [9.17, 15) is 0 Å². The van der Waals surface area contributed by atoms with Crippen LogP contribution in [0.25, 0.3) is 76.2 Å². The summed E-state index contributed by atoms with van der Waals surface area (Å²) in [6.07, 6.45) is 1.86. The zero-order valence-electron chi connectivity index (χ0n) is 20.7. The average Bonchev–Trinajstić information content (AvgIpc) is 3.00. The molecule has 0 amide bonds. The van der Waals surface area contributed by atoms with Crippen molar-refractivity contribution in [1.29, 1.82) is 0 Å². The lowest BCUT2D eigenvalue weighted by Crippen LogP contribution is -1.86. The molecule has 1 heterocycles. The highest BCUT2D eigenvalue weighted by Crippen LogP contribution is 2.37. The first kappa shape index (κ1) is 21.1. The first-order valence-corrected chi connectivity index (χ1v) is 13.0. The van der Waals surface area contributed by atoms with Crippen molar-refractivity contribution < 1.29 is 0 Å². The van der Waals surface area contributed by atoms with Gasteiger partial charge in [-0.25, -0.2) is 0 Å². The fourth-order valence-corrected chi connectivity index (χ4v) is 5.94. The molecule has 0 aliphatic heterocycles. The van der Waals surface area contributed by atoms with E-state index < -0.39 is 0 Å². The van der Waals surface area contributed by atoms with Crippen molar-refractivity contribution in [3.8, 4) is 22.3 Å². The second-order valence-electron chi connectivity index (χ2n) is 10.0. The van der Waals surface area contributed by atoms with Crippen LogP contribution in [0.15, 0.2) is 140 Å². The van der Waals surface area contributed by atoms with E-state index in [4.69, 9.17) is 0 Å². The molecule has 0 saturated heterocycles. The predicted octanol–water partition coefficient (Wildman–Crippen LogP) is 10.2. The molecule has 38 heavy (non-hydrogen) atoms. The van der Waals surface area contributed by atoms with Crippen LogP contribution < -0.4 is 0 Å². The molecule has 0 spiro atoms. The third kappa shape index (κ3) is 3.29. The summed E-state index contributed by atoms with van der Waals surface area (Å²) in [5.74, 6) is 0. The lowest BCUT2D eigenvalue weighted by molar-refractivity contribution is 1.41. The monoisotopic (exact) mass is 481 g/mol. The Hall–Kier alpha value is -5.01. The van der Waals surface area contributed by atoms with Gasteiger partial charge in [0.2, 0.25) is 0 Å². The van der Waals surface area contributed by atoms with E-state index in [0.717, 1.165) is 10.9 Å². The van der Waals surface area contributed by atoms with E-state index >= 15 is 0 Å². The number of benzene rings is 7. The Morgan fingerprint density at radius 1 is 0.316 bits per heavy atom. The minimum Gasteiger partial charge on any atom is -0.256 e. The molecule has 8 aromatic rings.